The molecule has 134 valence electrons. The number of ether oxygens (including phenoxy) is 3. The molecule has 0 amide bonds. The highest BCUT2D eigenvalue weighted by molar-refractivity contribution is 6.30. The van der Waals surface area contributed by atoms with Gasteiger partial charge in [0, 0.05) is 12.3 Å². The van der Waals surface area contributed by atoms with Gasteiger partial charge in [-0.15, -0.1) is 0 Å². The Kier molecular flexibility index (Phi) is 5.09. The van der Waals surface area contributed by atoms with Gasteiger partial charge in [0.25, 0.3) is 5.56 Å². The van der Waals surface area contributed by atoms with Crippen LogP contribution in [0, 0.1) is 0 Å². The van der Waals surface area contributed by atoms with Gasteiger partial charge in [-0.2, -0.15) is 0 Å². The van der Waals surface area contributed by atoms with Crippen molar-refractivity contribution in [3.05, 3.63) is 69.2 Å². The number of hydrogen-bond acceptors (Lipinski definition) is 6. The van der Waals surface area contributed by atoms with E-state index in [0.717, 1.165) is 0 Å². The summed E-state index contributed by atoms with van der Waals surface area (Å²) in [5, 5.41) is 0.425. The Bertz CT molecular complexity index is 1030. The van der Waals surface area contributed by atoms with Crippen LogP contribution in [0.25, 0.3) is 5.65 Å². The summed E-state index contributed by atoms with van der Waals surface area (Å²) in [5.74, 6) is 0.358. The van der Waals surface area contributed by atoms with E-state index in [0.29, 0.717) is 33.4 Å². The maximum absolute atomic E-state index is 12.2. The van der Waals surface area contributed by atoms with Crippen molar-refractivity contribution in [2.75, 3.05) is 14.2 Å². The zero-order chi connectivity index (χ0) is 18.7. The van der Waals surface area contributed by atoms with E-state index in [1.165, 1.54) is 36.9 Å². The summed E-state index contributed by atoms with van der Waals surface area (Å²) < 4.78 is 16.9. The van der Waals surface area contributed by atoms with E-state index in [9.17, 15) is 9.59 Å². The SMILES string of the molecule is COc1ccc(C(=O)OCc2cc(=O)n3cc(Cl)ccc3n2)cc1OC. The Labute approximate surface area is 153 Å². The first-order valence-electron chi connectivity index (χ1n) is 7.59. The maximum Gasteiger partial charge on any atom is 0.338 e. The topological polar surface area (TPSA) is 79.1 Å². The lowest BCUT2D eigenvalue weighted by Gasteiger charge is -2.10. The van der Waals surface area contributed by atoms with E-state index in [1.807, 2.05) is 0 Å². The third kappa shape index (κ3) is 3.62. The van der Waals surface area contributed by atoms with Gasteiger partial charge in [0.15, 0.2) is 11.5 Å². The van der Waals surface area contributed by atoms with Crippen LogP contribution < -0.4 is 15.0 Å². The van der Waals surface area contributed by atoms with Gasteiger partial charge in [-0.05, 0) is 30.3 Å². The molecule has 0 radical (unpaired) electrons. The van der Waals surface area contributed by atoms with Crippen molar-refractivity contribution in [2.45, 2.75) is 6.61 Å². The monoisotopic (exact) mass is 374 g/mol. The Morgan fingerprint density at radius 2 is 1.88 bits per heavy atom. The number of rotatable bonds is 5. The first-order valence-corrected chi connectivity index (χ1v) is 7.96. The molecule has 0 N–H and O–H groups in total. The summed E-state index contributed by atoms with van der Waals surface area (Å²) in [4.78, 5) is 28.6. The van der Waals surface area contributed by atoms with Crippen LogP contribution >= 0.6 is 11.6 Å². The highest BCUT2D eigenvalue weighted by Gasteiger charge is 2.13. The number of esters is 1. The molecule has 0 aliphatic heterocycles. The van der Waals surface area contributed by atoms with Gasteiger partial charge in [0.05, 0.1) is 30.5 Å². The molecule has 0 saturated heterocycles. The molecule has 26 heavy (non-hydrogen) atoms. The largest absolute Gasteiger partial charge is 0.493 e. The van der Waals surface area contributed by atoms with Gasteiger partial charge in [-0.3, -0.25) is 9.20 Å². The highest BCUT2D eigenvalue weighted by atomic mass is 35.5. The number of carbonyl (C=O) groups excluding carboxylic acids is 1. The summed E-state index contributed by atoms with van der Waals surface area (Å²) in [5.41, 5.74) is 0.742. The number of carbonyl (C=O) groups is 1. The molecule has 3 rings (SSSR count). The van der Waals surface area contributed by atoms with Crippen LogP contribution in [-0.4, -0.2) is 29.6 Å². The number of hydrogen-bond donors (Lipinski definition) is 0. The van der Waals surface area contributed by atoms with E-state index in [1.54, 1.807) is 24.3 Å². The fourth-order valence-electron chi connectivity index (χ4n) is 2.39. The number of fused-ring (bicyclic) bond motifs is 1. The minimum absolute atomic E-state index is 0.137. The Morgan fingerprint density at radius 3 is 2.62 bits per heavy atom. The molecule has 0 fully saturated rings. The lowest BCUT2D eigenvalue weighted by atomic mass is 10.2. The van der Waals surface area contributed by atoms with Gasteiger partial charge in [0.2, 0.25) is 0 Å². The third-order valence-electron chi connectivity index (χ3n) is 3.65. The molecule has 3 aromatic rings. The average Bonchev–Trinajstić information content (AvgIpc) is 2.66. The molecule has 8 heteroatoms. The summed E-state index contributed by atoms with van der Waals surface area (Å²) in [6, 6.07) is 9.23. The van der Waals surface area contributed by atoms with Crippen LogP contribution in [0.3, 0.4) is 0 Å². The molecule has 0 aliphatic rings. The van der Waals surface area contributed by atoms with Crippen molar-refractivity contribution in [1.29, 1.82) is 0 Å². The fraction of sp³-hybridized carbons (Fsp3) is 0.167. The quantitative estimate of drug-likeness (QED) is 0.639. The zero-order valence-corrected chi connectivity index (χ0v) is 14.8. The van der Waals surface area contributed by atoms with Gasteiger partial charge >= 0.3 is 5.97 Å². The number of aromatic nitrogens is 2. The molecule has 0 aliphatic carbocycles. The van der Waals surface area contributed by atoms with E-state index in [-0.39, 0.29) is 12.2 Å². The van der Waals surface area contributed by atoms with Crippen LogP contribution in [0.2, 0.25) is 5.02 Å². The van der Waals surface area contributed by atoms with Gasteiger partial charge < -0.3 is 14.2 Å². The smallest absolute Gasteiger partial charge is 0.338 e. The Balaban J connectivity index is 1.78. The second-order valence-corrected chi connectivity index (χ2v) is 5.74. The molecular weight excluding hydrogens is 360 g/mol. The predicted molar refractivity (Wildman–Crippen MR) is 95.1 cm³/mol. The lowest BCUT2D eigenvalue weighted by molar-refractivity contribution is 0.0467. The van der Waals surface area contributed by atoms with E-state index < -0.39 is 5.97 Å². The highest BCUT2D eigenvalue weighted by Crippen LogP contribution is 2.27. The molecule has 7 nitrogen and oxygen atoms in total. The molecule has 2 aromatic heterocycles. The van der Waals surface area contributed by atoms with Crippen molar-refractivity contribution in [3.63, 3.8) is 0 Å². The third-order valence-corrected chi connectivity index (χ3v) is 3.87. The first-order chi connectivity index (χ1) is 12.5. The van der Waals surface area contributed by atoms with Crippen LogP contribution in [0.15, 0.2) is 47.4 Å². The minimum Gasteiger partial charge on any atom is -0.493 e. The summed E-state index contributed by atoms with van der Waals surface area (Å²) in [7, 11) is 2.98. The van der Waals surface area contributed by atoms with Crippen molar-refractivity contribution in [2.24, 2.45) is 0 Å². The lowest BCUT2D eigenvalue weighted by Crippen LogP contribution is -2.16. The maximum atomic E-state index is 12.2. The van der Waals surface area contributed by atoms with E-state index in [4.69, 9.17) is 25.8 Å². The second kappa shape index (κ2) is 7.45. The van der Waals surface area contributed by atoms with Crippen molar-refractivity contribution in [3.8, 4) is 11.5 Å². The first kappa shape index (κ1) is 17.8. The Hall–Kier alpha value is -3.06. The summed E-state index contributed by atoms with van der Waals surface area (Å²) >= 11 is 5.87. The van der Waals surface area contributed by atoms with Crippen molar-refractivity contribution >= 4 is 23.2 Å². The molecule has 0 spiro atoms. The number of nitrogens with zero attached hydrogens (tertiary/aromatic N) is 2. The molecule has 0 atom stereocenters. The standard InChI is InChI=1S/C18H15ClN2O5/c1-24-14-5-3-11(7-15(14)25-2)18(23)26-10-13-8-17(22)21-9-12(19)4-6-16(21)20-13/h3-9H,10H2,1-2H3. The molecule has 0 bridgehead atoms. The van der Waals surface area contributed by atoms with E-state index in [2.05, 4.69) is 4.98 Å². The summed E-state index contributed by atoms with van der Waals surface area (Å²) in [6.45, 7) is -0.137. The average molecular weight is 375 g/mol. The van der Waals surface area contributed by atoms with Crippen molar-refractivity contribution < 1.29 is 19.0 Å². The van der Waals surface area contributed by atoms with Crippen LogP contribution in [-0.2, 0) is 11.3 Å². The van der Waals surface area contributed by atoms with E-state index >= 15 is 0 Å². The van der Waals surface area contributed by atoms with Crippen molar-refractivity contribution in [1.82, 2.24) is 9.38 Å². The molecule has 2 heterocycles. The molecule has 0 unspecified atom stereocenters. The van der Waals surface area contributed by atoms with Gasteiger partial charge in [0.1, 0.15) is 12.3 Å². The number of methoxy groups -OCH3 is 2. The minimum atomic E-state index is -0.566. The van der Waals surface area contributed by atoms with Gasteiger partial charge in [-0.1, -0.05) is 11.6 Å². The number of halogens is 1. The predicted octanol–water partition coefficient (Wildman–Crippen LogP) is 2.72. The van der Waals surface area contributed by atoms with Crippen LogP contribution in [0.4, 0.5) is 0 Å². The second-order valence-electron chi connectivity index (χ2n) is 5.31. The Morgan fingerprint density at radius 1 is 1.12 bits per heavy atom. The number of pyridine rings is 1. The zero-order valence-electron chi connectivity index (χ0n) is 14.1. The molecule has 0 saturated carbocycles. The fourth-order valence-corrected chi connectivity index (χ4v) is 2.55. The van der Waals surface area contributed by atoms with Crippen LogP contribution in [0.5, 0.6) is 11.5 Å². The summed E-state index contributed by atoms with van der Waals surface area (Å²) in [6.07, 6.45) is 1.48. The molecular formula is C18H15ClN2O5. The number of benzene rings is 1. The van der Waals surface area contributed by atoms with Gasteiger partial charge in [-0.25, -0.2) is 9.78 Å². The normalized spacial score (nSPS) is 10.6. The molecule has 1 aromatic carbocycles. The van der Waals surface area contributed by atoms with Crippen LogP contribution in [0.1, 0.15) is 16.1 Å².